The summed E-state index contributed by atoms with van der Waals surface area (Å²) in [6.45, 7) is 6.46. The van der Waals surface area contributed by atoms with Gasteiger partial charge in [-0.05, 0) is 56.0 Å². The highest BCUT2D eigenvalue weighted by Gasteiger charge is 2.43. The monoisotopic (exact) mass is 417 g/mol. The standard InChI is InChI=1S/C25H27N3O3/c1-4-31-18-10-8-17(9-11-18)23-22(25(30)28-21-7-5-6-12-26-21)16(3)27-19-13-15(2)14-20(29)24(19)23/h5-12,15,22-23H,4,13-14H2,1-3H3,(H,26,28,30)/t15-,22-,23-/m1/s1. The van der Waals surface area contributed by atoms with Gasteiger partial charge in [-0.15, -0.1) is 0 Å². The Labute approximate surface area is 182 Å². The average molecular weight is 418 g/mol. The number of carbonyl (C=O) groups excluding carboxylic acids is 2. The van der Waals surface area contributed by atoms with Gasteiger partial charge in [0.25, 0.3) is 0 Å². The number of allylic oxidation sites excluding steroid dienone is 2. The first-order valence-electron chi connectivity index (χ1n) is 10.7. The van der Waals surface area contributed by atoms with Crippen LogP contribution in [0.4, 0.5) is 5.82 Å². The van der Waals surface area contributed by atoms with E-state index < -0.39 is 5.92 Å². The normalized spacial score (nSPS) is 23.1. The summed E-state index contributed by atoms with van der Waals surface area (Å²) < 4.78 is 5.57. The van der Waals surface area contributed by atoms with Crippen LogP contribution < -0.4 is 10.1 Å². The average Bonchev–Trinajstić information content (AvgIpc) is 2.74. The first-order valence-corrected chi connectivity index (χ1v) is 10.7. The van der Waals surface area contributed by atoms with E-state index in [1.165, 1.54) is 0 Å². The van der Waals surface area contributed by atoms with E-state index in [1.54, 1.807) is 18.3 Å². The Balaban J connectivity index is 1.76. The maximum Gasteiger partial charge on any atom is 0.235 e. The molecule has 6 heteroatoms. The van der Waals surface area contributed by atoms with Gasteiger partial charge in [0.1, 0.15) is 11.6 Å². The zero-order chi connectivity index (χ0) is 22.0. The molecule has 160 valence electrons. The minimum absolute atomic E-state index is 0.0829. The minimum Gasteiger partial charge on any atom is -0.494 e. The van der Waals surface area contributed by atoms with Crippen molar-refractivity contribution in [1.29, 1.82) is 0 Å². The number of hydrogen-bond acceptors (Lipinski definition) is 5. The highest BCUT2D eigenvalue weighted by Crippen LogP contribution is 2.44. The number of rotatable bonds is 5. The summed E-state index contributed by atoms with van der Waals surface area (Å²) in [6, 6.07) is 13.0. The number of pyridine rings is 1. The molecule has 31 heavy (non-hydrogen) atoms. The van der Waals surface area contributed by atoms with E-state index in [9.17, 15) is 9.59 Å². The Morgan fingerprint density at radius 1 is 1.16 bits per heavy atom. The maximum atomic E-state index is 13.4. The Hall–Kier alpha value is -3.28. The van der Waals surface area contributed by atoms with Gasteiger partial charge in [-0.25, -0.2) is 4.98 Å². The van der Waals surface area contributed by atoms with Gasteiger partial charge in [-0.1, -0.05) is 25.1 Å². The number of amides is 1. The molecule has 0 saturated carbocycles. The lowest BCUT2D eigenvalue weighted by atomic mass is 9.70. The van der Waals surface area contributed by atoms with Gasteiger partial charge in [0.05, 0.1) is 12.5 Å². The lowest BCUT2D eigenvalue weighted by molar-refractivity contribution is -0.119. The number of benzene rings is 1. The van der Waals surface area contributed by atoms with Crippen LogP contribution in [0.5, 0.6) is 5.75 Å². The second-order valence-corrected chi connectivity index (χ2v) is 8.21. The van der Waals surface area contributed by atoms with Crippen LogP contribution >= 0.6 is 0 Å². The summed E-state index contributed by atoms with van der Waals surface area (Å²) in [7, 11) is 0. The Kier molecular flexibility index (Phi) is 5.98. The molecule has 0 fully saturated rings. The summed E-state index contributed by atoms with van der Waals surface area (Å²) in [4.78, 5) is 35.5. The van der Waals surface area contributed by atoms with Gasteiger partial charge in [0.15, 0.2) is 5.78 Å². The lowest BCUT2D eigenvalue weighted by Crippen LogP contribution is -2.39. The van der Waals surface area contributed by atoms with Crippen molar-refractivity contribution in [1.82, 2.24) is 4.98 Å². The molecule has 1 N–H and O–H groups in total. The smallest absolute Gasteiger partial charge is 0.235 e. The molecule has 0 spiro atoms. The van der Waals surface area contributed by atoms with Crippen LogP contribution in [0.3, 0.4) is 0 Å². The molecule has 2 heterocycles. The van der Waals surface area contributed by atoms with Crippen molar-refractivity contribution < 1.29 is 14.3 Å². The van der Waals surface area contributed by atoms with E-state index in [4.69, 9.17) is 9.73 Å². The summed E-state index contributed by atoms with van der Waals surface area (Å²) in [5.74, 6) is 0.399. The van der Waals surface area contributed by atoms with E-state index in [2.05, 4.69) is 17.2 Å². The summed E-state index contributed by atoms with van der Waals surface area (Å²) in [6.07, 6.45) is 2.87. The number of Topliss-reactive ketones (excluding diaryl/α,β-unsaturated/α-hetero) is 1. The number of anilines is 1. The third kappa shape index (κ3) is 4.29. The van der Waals surface area contributed by atoms with Gasteiger partial charge >= 0.3 is 0 Å². The minimum atomic E-state index is -0.587. The SMILES string of the molecule is CCOc1ccc([C@H]2C3=C(C[C@@H](C)CC3=O)N=C(C)[C@H]2C(=O)Nc2ccccn2)cc1. The lowest BCUT2D eigenvalue weighted by Gasteiger charge is -2.36. The number of nitrogens with zero attached hydrogens (tertiary/aromatic N) is 2. The van der Waals surface area contributed by atoms with Crippen molar-refractivity contribution in [2.75, 3.05) is 11.9 Å². The number of aliphatic imine (C=N–C) groups is 1. The van der Waals surface area contributed by atoms with Crippen molar-refractivity contribution in [3.8, 4) is 5.75 Å². The van der Waals surface area contributed by atoms with Gasteiger partial charge in [0.2, 0.25) is 5.91 Å². The van der Waals surface area contributed by atoms with E-state index in [1.807, 2.05) is 44.2 Å². The first kappa shape index (κ1) is 21.0. The molecule has 1 aromatic heterocycles. The number of hydrogen-bond donors (Lipinski definition) is 1. The molecule has 2 aliphatic rings. The summed E-state index contributed by atoms with van der Waals surface area (Å²) >= 11 is 0. The van der Waals surface area contributed by atoms with Crippen molar-refractivity contribution in [2.24, 2.45) is 16.8 Å². The predicted octanol–water partition coefficient (Wildman–Crippen LogP) is 4.55. The second-order valence-electron chi connectivity index (χ2n) is 8.21. The van der Waals surface area contributed by atoms with Crippen molar-refractivity contribution in [3.63, 3.8) is 0 Å². The molecule has 0 unspecified atom stereocenters. The fraction of sp³-hybridized carbons (Fsp3) is 0.360. The third-order valence-electron chi connectivity index (χ3n) is 5.84. The topological polar surface area (TPSA) is 80.6 Å². The van der Waals surface area contributed by atoms with Crippen molar-refractivity contribution in [2.45, 2.75) is 39.5 Å². The fourth-order valence-corrected chi connectivity index (χ4v) is 4.53. The Morgan fingerprint density at radius 3 is 2.61 bits per heavy atom. The molecule has 1 aromatic carbocycles. The molecule has 1 aliphatic carbocycles. The van der Waals surface area contributed by atoms with Crippen LogP contribution in [0.25, 0.3) is 0 Å². The highest BCUT2D eigenvalue weighted by molar-refractivity contribution is 6.13. The van der Waals surface area contributed by atoms with Crippen LogP contribution in [-0.4, -0.2) is 29.0 Å². The van der Waals surface area contributed by atoms with Crippen LogP contribution in [0.15, 0.2) is 64.9 Å². The number of carbonyl (C=O) groups is 2. The van der Waals surface area contributed by atoms with Crippen molar-refractivity contribution in [3.05, 3.63) is 65.5 Å². The molecule has 1 amide bonds. The molecule has 0 bridgehead atoms. The molecule has 6 nitrogen and oxygen atoms in total. The first-order chi connectivity index (χ1) is 15.0. The highest BCUT2D eigenvalue weighted by atomic mass is 16.5. The molecule has 1 aliphatic heterocycles. The van der Waals surface area contributed by atoms with Gasteiger partial charge in [-0.3, -0.25) is 14.6 Å². The fourth-order valence-electron chi connectivity index (χ4n) is 4.53. The van der Waals surface area contributed by atoms with E-state index in [0.29, 0.717) is 30.1 Å². The van der Waals surface area contributed by atoms with Gasteiger partial charge in [0, 0.05) is 35.5 Å². The molecule has 2 aromatic rings. The summed E-state index contributed by atoms with van der Waals surface area (Å²) in [5, 5.41) is 2.90. The molecule has 4 rings (SSSR count). The van der Waals surface area contributed by atoms with Gasteiger partial charge < -0.3 is 10.1 Å². The number of nitrogens with one attached hydrogen (secondary N) is 1. The van der Waals surface area contributed by atoms with Crippen LogP contribution in [0, 0.1) is 11.8 Å². The van der Waals surface area contributed by atoms with Gasteiger partial charge in [-0.2, -0.15) is 0 Å². The zero-order valence-corrected chi connectivity index (χ0v) is 18.1. The Morgan fingerprint density at radius 2 is 1.94 bits per heavy atom. The predicted molar refractivity (Wildman–Crippen MR) is 120 cm³/mol. The van der Waals surface area contributed by atoms with E-state index in [0.717, 1.165) is 23.4 Å². The molecule has 3 atom stereocenters. The largest absolute Gasteiger partial charge is 0.494 e. The van der Waals surface area contributed by atoms with E-state index in [-0.39, 0.29) is 23.5 Å². The molecule has 0 radical (unpaired) electrons. The second kappa shape index (κ2) is 8.84. The number of aromatic nitrogens is 1. The molecule has 0 saturated heterocycles. The van der Waals surface area contributed by atoms with E-state index >= 15 is 0 Å². The summed E-state index contributed by atoms with van der Waals surface area (Å²) in [5.41, 5.74) is 3.12. The Bertz CT molecular complexity index is 1040. The molecular weight excluding hydrogens is 390 g/mol. The maximum absolute atomic E-state index is 13.4. The number of ketones is 1. The quantitative estimate of drug-likeness (QED) is 0.774. The zero-order valence-electron chi connectivity index (χ0n) is 18.1. The number of ether oxygens (including phenoxy) is 1. The van der Waals surface area contributed by atoms with Crippen LogP contribution in [-0.2, 0) is 9.59 Å². The van der Waals surface area contributed by atoms with Crippen LogP contribution in [0.2, 0.25) is 0 Å². The van der Waals surface area contributed by atoms with Crippen molar-refractivity contribution >= 4 is 23.2 Å². The third-order valence-corrected chi connectivity index (χ3v) is 5.84. The molecular formula is C25H27N3O3. The van der Waals surface area contributed by atoms with Crippen LogP contribution in [0.1, 0.15) is 45.1 Å².